The highest BCUT2D eigenvalue weighted by atomic mass is 16.2. The fourth-order valence-electron chi connectivity index (χ4n) is 1.91. The van der Waals surface area contributed by atoms with E-state index in [2.05, 4.69) is 15.5 Å². The largest absolute Gasteiger partial charge is 0.356 e. The van der Waals surface area contributed by atoms with Gasteiger partial charge in [0.15, 0.2) is 0 Å². The third-order valence-corrected chi connectivity index (χ3v) is 3.30. The highest BCUT2D eigenvalue weighted by Gasteiger charge is 2.10. The number of nitrogens with zero attached hydrogens (tertiary/aromatic N) is 1. The van der Waals surface area contributed by atoms with Gasteiger partial charge in [0.2, 0.25) is 11.8 Å². The summed E-state index contributed by atoms with van der Waals surface area (Å²) in [6.45, 7) is 5.44. The summed E-state index contributed by atoms with van der Waals surface area (Å²) in [5, 5.41) is 5.54. The van der Waals surface area contributed by atoms with E-state index >= 15 is 0 Å². The molecule has 1 aromatic carbocycles. The Morgan fingerprint density at radius 2 is 1.86 bits per heavy atom. The Balaban J connectivity index is 2.36. The maximum atomic E-state index is 11.8. The predicted octanol–water partition coefficient (Wildman–Crippen LogP) is 1.70. The predicted molar refractivity (Wildman–Crippen MR) is 85.3 cm³/mol. The molecule has 2 amide bonds. The fourth-order valence-corrected chi connectivity index (χ4v) is 1.91. The number of anilines is 1. The first kappa shape index (κ1) is 17.2. The molecule has 116 valence electrons. The summed E-state index contributed by atoms with van der Waals surface area (Å²) in [5.41, 5.74) is 2.90. The number of rotatable bonds is 7. The van der Waals surface area contributed by atoms with Crippen LogP contribution >= 0.6 is 0 Å². The molecule has 0 aromatic heterocycles. The summed E-state index contributed by atoms with van der Waals surface area (Å²) in [6.07, 6.45) is 0.729. The number of benzene rings is 1. The van der Waals surface area contributed by atoms with Crippen molar-refractivity contribution in [2.24, 2.45) is 0 Å². The first-order valence-electron chi connectivity index (χ1n) is 7.17. The molecule has 0 aliphatic rings. The minimum absolute atomic E-state index is 0.144. The summed E-state index contributed by atoms with van der Waals surface area (Å²) in [6, 6.07) is 5.72. The smallest absolute Gasteiger partial charge is 0.233 e. The van der Waals surface area contributed by atoms with Gasteiger partial charge >= 0.3 is 0 Å². The molecule has 21 heavy (non-hydrogen) atoms. The van der Waals surface area contributed by atoms with Gasteiger partial charge in [-0.05, 0) is 58.1 Å². The first-order chi connectivity index (χ1) is 9.90. The normalized spacial score (nSPS) is 10.5. The van der Waals surface area contributed by atoms with Gasteiger partial charge in [-0.15, -0.1) is 0 Å². The molecule has 0 radical (unpaired) electrons. The average molecular weight is 291 g/mol. The van der Waals surface area contributed by atoms with Gasteiger partial charge < -0.3 is 15.5 Å². The van der Waals surface area contributed by atoms with Crippen LogP contribution in [-0.2, 0) is 9.59 Å². The van der Waals surface area contributed by atoms with Crippen LogP contribution in [0.4, 0.5) is 5.69 Å². The highest BCUT2D eigenvalue weighted by Crippen LogP contribution is 2.17. The minimum Gasteiger partial charge on any atom is -0.356 e. The molecule has 0 unspecified atom stereocenters. The zero-order chi connectivity index (χ0) is 15.8. The van der Waals surface area contributed by atoms with Crippen molar-refractivity contribution in [3.63, 3.8) is 0 Å². The number of carbonyl (C=O) groups excluding carboxylic acids is 2. The van der Waals surface area contributed by atoms with Crippen LogP contribution < -0.4 is 10.6 Å². The second kappa shape index (κ2) is 8.42. The highest BCUT2D eigenvalue weighted by molar-refractivity contribution is 6.03. The zero-order valence-electron chi connectivity index (χ0n) is 13.3. The van der Waals surface area contributed by atoms with E-state index in [1.54, 1.807) is 0 Å². The van der Waals surface area contributed by atoms with Crippen LogP contribution in [-0.4, -0.2) is 43.9 Å². The molecule has 0 atom stereocenters. The third-order valence-electron chi connectivity index (χ3n) is 3.30. The summed E-state index contributed by atoms with van der Waals surface area (Å²) >= 11 is 0. The molecule has 0 aliphatic carbocycles. The van der Waals surface area contributed by atoms with Crippen LogP contribution in [0, 0.1) is 13.8 Å². The van der Waals surface area contributed by atoms with E-state index in [1.807, 2.05) is 46.1 Å². The van der Waals surface area contributed by atoms with Crippen molar-refractivity contribution in [1.29, 1.82) is 0 Å². The summed E-state index contributed by atoms with van der Waals surface area (Å²) in [7, 11) is 3.97. The molecule has 0 spiro atoms. The molecule has 5 nitrogen and oxygen atoms in total. The number of amides is 2. The number of carbonyl (C=O) groups is 2. The third kappa shape index (κ3) is 6.40. The van der Waals surface area contributed by atoms with Crippen molar-refractivity contribution in [2.75, 3.05) is 32.5 Å². The maximum absolute atomic E-state index is 11.8. The molecule has 0 bridgehead atoms. The number of hydrogen-bond acceptors (Lipinski definition) is 3. The van der Waals surface area contributed by atoms with Crippen molar-refractivity contribution < 1.29 is 9.59 Å². The summed E-state index contributed by atoms with van der Waals surface area (Å²) in [5.74, 6) is -0.523. The van der Waals surface area contributed by atoms with Crippen molar-refractivity contribution in [1.82, 2.24) is 10.2 Å². The average Bonchev–Trinajstić information content (AvgIpc) is 2.40. The van der Waals surface area contributed by atoms with E-state index in [4.69, 9.17) is 0 Å². The van der Waals surface area contributed by atoms with Crippen molar-refractivity contribution in [3.8, 4) is 0 Å². The van der Waals surface area contributed by atoms with E-state index in [1.165, 1.54) is 0 Å². The Bertz CT molecular complexity index is 498. The van der Waals surface area contributed by atoms with Gasteiger partial charge in [-0.3, -0.25) is 9.59 Å². The monoisotopic (exact) mass is 291 g/mol. The molecular weight excluding hydrogens is 266 g/mol. The molecule has 0 saturated carbocycles. The van der Waals surface area contributed by atoms with Crippen LogP contribution in [0.25, 0.3) is 0 Å². The van der Waals surface area contributed by atoms with Gasteiger partial charge in [-0.1, -0.05) is 12.1 Å². The Morgan fingerprint density at radius 1 is 1.14 bits per heavy atom. The lowest BCUT2D eigenvalue weighted by Crippen LogP contribution is -2.30. The molecule has 5 heteroatoms. The van der Waals surface area contributed by atoms with E-state index in [9.17, 15) is 9.59 Å². The molecule has 0 fully saturated rings. The first-order valence-corrected chi connectivity index (χ1v) is 7.17. The SMILES string of the molecule is Cc1cccc(NC(=O)CC(=O)NCCCN(C)C)c1C. The number of aryl methyl sites for hydroxylation is 1. The van der Waals surface area contributed by atoms with E-state index in [0.717, 1.165) is 29.8 Å². The Labute approximate surface area is 126 Å². The standard InChI is InChI=1S/C16H25N3O2/c1-12-7-5-8-14(13(12)2)18-16(21)11-15(20)17-9-6-10-19(3)4/h5,7-8H,6,9-11H2,1-4H3,(H,17,20)(H,18,21). The quantitative estimate of drug-likeness (QED) is 0.594. The zero-order valence-corrected chi connectivity index (χ0v) is 13.3. The Kier molecular flexibility index (Phi) is 6.88. The van der Waals surface area contributed by atoms with Gasteiger partial charge in [0.05, 0.1) is 0 Å². The van der Waals surface area contributed by atoms with Crippen LogP contribution in [0.2, 0.25) is 0 Å². The van der Waals surface area contributed by atoms with Crippen LogP contribution in [0.5, 0.6) is 0 Å². The van der Waals surface area contributed by atoms with Gasteiger partial charge in [-0.25, -0.2) is 0 Å². The molecule has 0 saturated heterocycles. The fraction of sp³-hybridized carbons (Fsp3) is 0.500. The van der Waals surface area contributed by atoms with Crippen molar-refractivity contribution >= 4 is 17.5 Å². The summed E-state index contributed by atoms with van der Waals surface area (Å²) in [4.78, 5) is 25.6. The van der Waals surface area contributed by atoms with E-state index in [0.29, 0.717) is 6.54 Å². The molecular formula is C16H25N3O2. The second-order valence-corrected chi connectivity index (χ2v) is 5.48. The van der Waals surface area contributed by atoms with Crippen LogP contribution in [0.1, 0.15) is 24.0 Å². The topological polar surface area (TPSA) is 61.4 Å². The van der Waals surface area contributed by atoms with E-state index in [-0.39, 0.29) is 18.2 Å². The van der Waals surface area contributed by atoms with Crippen LogP contribution in [0.15, 0.2) is 18.2 Å². The lowest BCUT2D eigenvalue weighted by Gasteiger charge is -2.11. The molecule has 2 N–H and O–H groups in total. The van der Waals surface area contributed by atoms with Crippen LogP contribution in [0.3, 0.4) is 0 Å². The number of hydrogen-bond donors (Lipinski definition) is 2. The lowest BCUT2D eigenvalue weighted by molar-refractivity contribution is -0.126. The molecule has 1 aromatic rings. The Hall–Kier alpha value is -1.88. The molecule has 1 rings (SSSR count). The van der Waals surface area contributed by atoms with Crippen molar-refractivity contribution in [3.05, 3.63) is 29.3 Å². The van der Waals surface area contributed by atoms with Gasteiger partial charge in [0.25, 0.3) is 0 Å². The number of nitrogens with one attached hydrogen (secondary N) is 2. The minimum atomic E-state index is -0.284. The maximum Gasteiger partial charge on any atom is 0.233 e. The molecule has 0 heterocycles. The Morgan fingerprint density at radius 3 is 2.52 bits per heavy atom. The van der Waals surface area contributed by atoms with Gasteiger partial charge in [0, 0.05) is 12.2 Å². The van der Waals surface area contributed by atoms with Gasteiger partial charge in [-0.2, -0.15) is 0 Å². The summed E-state index contributed by atoms with van der Waals surface area (Å²) < 4.78 is 0. The van der Waals surface area contributed by atoms with Gasteiger partial charge in [0.1, 0.15) is 6.42 Å². The van der Waals surface area contributed by atoms with E-state index < -0.39 is 0 Å². The second-order valence-electron chi connectivity index (χ2n) is 5.48. The molecule has 0 aliphatic heterocycles. The lowest BCUT2D eigenvalue weighted by atomic mass is 10.1. The van der Waals surface area contributed by atoms with Crippen molar-refractivity contribution in [2.45, 2.75) is 26.7 Å².